The Kier molecular flexibility index (Phi) is 5.74. The van der Waals surface area contributed by atoms with Crippen molar-refractivity contribution in [1.82, 2.24) is 14.9 Å². The maximum absolute atomic E-state index is 5.76. The van der Waals surface area contributed by atoms with Crippen molar-refractivity contribution in [2.75, 3.05) is 6.61 Å². The minimum absolute atomic E-state index is 0.467. The molecule has 0 aliphatic rings. The standard InChI is InChI=1S/C19H20N4OS/c1-2-12-24-17-11-7-6-10-16(17)14-20-23-18(21-22-19(23)25)13-15-8-4-3-5-9-15/h3-11,14H,2,12-13H2,1H3,(H,22,25)/b20-14-. The lowest BCUT2D eigenvalue weighted by molar-refractivity contribution is 0.317. The molecule has 0 radical (unpaired) electrons. The maximum Gasteiger partial charge on any atom is 0.216 e. The third-order valence-electron chi connectivity index (χ3n) is 3.62. The molecule has 0 fully saturated rings. The van der Waals surface area contributed by atoms with Crippen LogP contribution in [0.25, 0.3) is 0 Å². The van der Waals surface area contributed by atoms with Gasteiger partial charge >= 0.3 is 0 Å². The highest BCUT2D eigenvalue weighted by Gasteiger charge is 2.07. The number of nitrogens with zero attached hydrogens (tertiary/aromatic N) is 3. The first-order chi connectivity index (χ1) is 12.3. The van der Waals surface area contributed by atoms with Gasteiger partial charge in [0.2, 0.25) is 4.77 Å². The predicted molar refractivity (Wildman–Crippen MR) is 102 cm³/mol. The summed E-state index contributed by atoms with van der Waals surface area (Å²) in [5.41, 5.74) is 2.06. The van der Waals surface area contributed by atoms with Crippen LogP contribution in [0.3, 0.4) is 0 Å². The van der Waals surface area contributed by atoms with E-state index in [1.807, 2.05) is 42.5 Å². The molecule has 0 aliphatic carbocycles. The van der Waals surface area contributed by atoms with Crippen LogP contribution in [0, 0.1) is 4.77 Å². The van der Waals surface area contributed by atoms with E-state index in [4.69, 9.17) is 17.0 Å². The second kappa shape index (κ2) is 8.39. The summed E-state index contributed by atoms with van der Waals surface area (Å²) in [6, 6.07) is 17.9. The summed E-state index contributed by atoms with van der Waals surface area (Å²) >= 11 is 5.31. The fraction of sp³-hybridized carbons (Fsp3) is 0.211. The summed E-state index contributed by atoms with van der Waals surface area (Å²) in [4.78, 5) is 0. The molecule has 1 aromatic heterocycles. The van der Waals surface area contributed by atoms with Gasteiger partial charge in [0.05, 0.1) is 12.8 Å². The molecule has 3 aromatic rings. The Morgan fingerprint density at radius 3 is 2.72 bits per heavy atom. The fourth-order valence-corrected chi connectivity index (χ4v) is 2.58. The summed E-state index contributed by atoms with van der Waals surface area (Å²) in [5, 5.41) is 11.6. The quantitative estimate of drug-likeness (QED) is 0.512. The van der Waals surface area contributed by atoms with Crippen LogP contribution in [-0.2, 0) is 6.42 Å². The van der Waals surface area contributed by atoms with Crippen LogP contribution in [0.1, 0.15) is 30.3 Å². The Bertz CT molecular complexity index is 899. The zero-order valence-electron chi connectivity index (χ0n) is 14.1. The summed E-state index contributed by atoms with van der Waals surface area (Å²) in [7, 11) is 0. The lowest BCUT2D eigenvalue weighted by Gasteiger charge is -2.07. The molecule has 0 amide bonds. The molecule has 0 bridgehead atoms. The molecule has 0 aliphatic heterocycles. The summed E-state index contributed by atoms with van der Waals surface area (Å²) in [5.74, 6) is 1.58. The molecule has 1 N–H and O–H groups in total. The van der Waals surface area contributed by atoms with Gasteiger partial charge in [-0.25, -0.2) is 0 Å². The second-order valence-corrected chi connectivity index (χ2v) is 5.94. The molecule has 0 saturated carbocycles. The molecule has 2 aromatic carbocycles. The monoisotopic (exact) mass is 352 g/mol. The molecular weight excluding hydrogens is 332 g/mol. The zero-order chi connectivity index (χ0) is 17.5. The fourth-order valence-electron chi connectivity index (χ4n) is 2.39. The van der Waals surface area contributed by atoms with E-state index in [9.17, 15) is 0 Å². The van der Waals surface area contributed by atoms with E-state index in [2.05, 4.69) is 34.4 Å². The van der Waals surface area contributed by atoms with Gasteiger partial charge < -0.3 is 4.74 Å². The van der Waals surface area contributed by atoms with Crippen molar-refractivity contribution < 1.29 is 4.74 Å². The lowest BCUT2D eigenvalue weighted by Crippen LogP contribution is -2.02. The topological polar surface area (TPSA) is 55.2 Å². The van der Waals surface area contributed by atoms with Gasteiger partial charge in [-0.15, -0.1) is 0 Å². The van der Waals surface area contributed by atoms with E-state index in [1.54, 1.807) is 10.9 Å². The Balaban J connectivity index is 1.85. The largest absolute Gasteiger partial charge is 0.493 e. The van der Waals surface area contributed by atoms with Crippen LogP contribution in [0.2, 0.25) is 0 Å². The minimum atomic E-state index is 0.467. The van der Waals surface area contributed by atoms with E-state index in [0.717, 1.165) is 29.1 Å². The van der Waals surface area contributed by atoms with E-state index in [-0.39, 0.29) is 0 Å². The Labute approximate surface area is 152 Å². The highest BCUT2D eigenvalue weighted by Crippen LogP contribution is 2.16. The Morgan fingerprint density at radius 1 is 1.16 bits per heavy atom. The highest BCUT2D eigenvalue weighted by molar-refractivity contribution is 7.71. The molecule has 6 heteroatoms. The number of H-pyrrole nitrogens is 1. The number of hydrogen-bond donors (Lipinski definition) is 1. The third-order valence-corrected chi connectivity index (χ3v) is 3.88. The lowest BCUT2D eigenvalue weighted by atomic mass is 10.1. The van der Waals surface area contributed by atoms with Gasteiger partial charge in [0.1, 0.15) is 5.75 Å². The number of hydrogen-bond acceptors (Lipinski definition) is 4. The summed E-state index contributed by atoms with van der Waals surface area (Å²) < 4.78 is 7.88. The number of aromatic nitrogens is 3. The first kappa shape index (κ1) is 17.1. The van der Waals surface area contributed by atoms with E-state index < -0.39 is 0 Å². The van der Waals surface area contributed by atoms with Crippen LogP contribution >= 0.6 is 12.2 Å². The molecule has 1 heterocycles. The van der Waals surface area contributed by atoms with E-state index in [0.29, 0.717) is 17.8 Å². The van der Waals surface area contributed by atoms with E-state index in [1.165, 1.54) is 0 Å². The molecule has 0 spiro atoms. The smallest absolute Gasteiger partial charge is 0.216 e. The summed E-state index contributed by atoms with van der Waals surface area (Å²) in [6.07, 6.45) is 3.36. The molecule has 0 unspecified atom stereocenters. The second-order valence-electron chi connectivity index (χ2n) is 5.55. The molecule has 0 saturated heterocycles. The minimum Gasteiger partial charge on any atom is -0.493 e. The first-order valence-electron chi connectivity index (χ1n) is 8.24. The van der Waals surface area contributed by atoms with Crippen molar-refractivity contribution in [3.63, 3.8) is 0 Å². The van der Waals surface area contributed by atoms with Crippen molar-refractivity contribution in [3.05, 3.63) is 76.3 Å². The number of rotatable bonds is 7. The Morgan fingerprint density at radius 2 is 1.92 bits per heavy atom. The number of para-hydroxylation sites is 1. The highest BCUT2D eigenvalue weighted by atomic mass is 32.1. The van der Waals surface area contributed by atoms with Crippen LogP contribution in [0.15, 0.2) is 59.7 Å². The zero-order valence-corrected chi connectivity index (χ0v) is 14.9. The first-order valence-corrected chi connectivity index (χ1v) is 8.65. The SMILES string of the molecule is CCCOc1ccccc1/C=N\n1c(Cc2ccccc2)n[nH]c1=S. The average molecular weight is 352 g/mol. The molecule has 25 heavy (non-hydrogen) atoms. The van der Waals surface area contributed by atoms with Gasteiger partial charge in [0.25, 0.3) is 0 Å². The van der Waals surface area contributed by atoms with Crippen molar-refractivity contribution in [3.8, 4) is 5.75 Å². The molecule has 0 atom stereocenters. The van der Waals surface area contributed by atoms with Gasteiger partial charge in [0.15, 0.2) is 5.82 Å². The molecular formula is C19H20N4OS. The Hall–Kier alpha value is -2.73. The molecule has 5 nitrogen and oxygen atoms in total. The van der Waals surface area contributed by atoms with Gasteiger partial charge in [-0.1, -0.05) is 49.4 Å². The van der Waals surface area contributed by atoms with Gasteiger partial charge in [-0.2, -0.15) is 14.9 Å². The normalized spacial score (nSPS) is 11.1. The van der Waals surface area contributed by atoms with Gasteiger partial charge in [-0.05, 0) is 36.3 Å². The van der Waals surface area contributed by atoms with Gasteiger partial charge in [0, 0.05) is 12.0 Å². The van der Waals surface area contributed by atoms with Crippen molar-refractivity contribution in [1.29, 1.82) is 0 Å². The van der Waals surface area contributed by atoms with Crippen LogP contribution < -0.4 is 4.74 Å². The van der Waals surface area contributed by atoms with E-state index >= 15 is 0 Å². The number of ether oxygens (including phenoxy) is 1. The van der Waals surface area contributed by atoms with Crippen molar-refractivity contribution in [2.45, 2.75) is 19.8 Å². The van der Waals surface area contributed by atoms with Crippen LogP contribution in [0.5, 0.6) is 5.75 Å². The number of aromatic amines is 1. The summed E-state index contributed by atoms with van der Waals surface area (Å²) in [6.45, 7) is 2.76. The van der Waals surface area contributed by atoms with Crippen LogP contribution in [0.4, 0.5) is 0 Å². The number of nitrogens with one attached hydrogen (secondary N) is 1. The van der Waals surface area contributed by atoms with Gasteiger partial charge in [-0.3, -0.25) is 5.10 Å². The molecule has 128 valence electrons. The van der Waals surface area contributed by atoms with Crippen molar-refractivity contribution >= 4 is 18.4 Å². The number of benzene rings is 2. The average Bonchev–Trinajstić information content (AvgIpc) is 2.99. The predicted octanol–water partition coefficient (Wildman–Crippen LogP) is 4.20. The molecule has 3 rings (SSSR count). The third kappa shape index (κ3) is 4.42. The van der Waals surface area contributed by atoms with Crippen molar-refractivity contribution in [2.24, 2.45) is 5.10 Å². The van der Waals surface area contributed by atoms with Crippen LogP contribution in [-0.4, -0.2) is 27.7 Å². The maximum atomic E-state index is 5.76.